The molecule has 3 rings (SSSR count). The number of carbonyl (C=O) groups excluding carboxylic acids is 3. The Labute approximate surface area is 195 Å². The standard InChI is InChI=1S/C23H23ClN2O5S/c1-5-30-20(28)16-13-10-11-23(12-25,14-8-6-7-9-15(14)24)18(27)17(13)32-19(16)26-21(29)31-22(2,3)4/h6-9H,5,10-11H2,1-4H3,(H,26,29). The van der Waals surface area contributed by atoms with Crippen molar-refractivity contribution in [3.05, 3.63) is 50.9 Å². The van der Waals surface area contributed by atoms with Crippen LogP contribution in [-0.2, 0) is 21.3 Å². The van der Waals surface area contributed by atoms with Gasteiger partial charge in [0.2, 0.25) is 0 Å². The van der Waals surface area contributed by atoms with Crippen molar-refractivity contribution in [2.75, 3.05) is 11.9 Å². The normalized spacial score (nSPS) is 17.8. The van der Waals surface area contributed by atoms with Gasteiger partial charge in [0, 0.05) is 5.02 Å². The number of halogens is 1. The summed E-state index contributed by atoms with van der Waals surface area (Å²) in [6.45, 7) is 6.94. The van der Waals surface area contributed by atoms with Crippen LogP contribution < -0.4 is 5.32 Å². The van der Waals surface area contributed by atoms with Crippen molar-refractivity contribution in [3.8, 4) is 6.07 Å². The van der Waals surface area contributed by atoms with E-state index in [-0.39, 0.29) is 34.9 Å². The smallest absolute Gasteiger partial charge is 0.412 e. The van der Waals surface area contributed by atoms with E-state index in [9.17, 15) is 19.6 Å². The summed E-state index contributed by atoms with van der Waals surface area (Å²) in [5.74, 6) is -1.10. The summed E-state index contributed by atoms with van der Waals surface area (Å²) >= 11 is 7.27. The summed E-state index contributed by atoms with van der Waals surface area (Å²) in [6, 6.07) is 8.90. The van der Waals surface area contributed by atoms with E-state index in [1.165, 1.54) is 0 Å². The number of amides is 1. The third-order valence-corrected chi connectivity index (χ3v) is 6.45. The average Bonchev–Trinajstić information content (AvgIpc) is 3.06. The predicted octanol–water partition coefficient (Wildman–Crippen LogP) is 5.52. The number of ketones is 1. The first-order chi connectivity index (χ1) is 15.0. The lowest BCUT2D eigenvalue weighted by molar-refractivity contribution is 0.0526. The Balaban J connectivity index is 2.10. The number of carbonyl (C=O) groups is 3. The average molecular weight is 475 g/mol. The molecule has 1 aliphatic carbocycles. The van der Waals surface area contributed by atoms with Gasteiger partial charge in [-0.1, -0.05) is 29.8 Å². The highest BCUT2D eigenvalue weighted by atomic mass is 35.5. The third kappa shape index (κ3) is 4.36. The minimum Gasteiger partial charge on any atom is -0.462 e. The van der Waals surface area contributed by atoms with E-state index in [1.807, 2.05) is 0 Å². The van der Waals surface area contributed by atoms with Gasteiger partial charge in [0.1, 0.15) is 16.0 Å². The molecule has 1 aliphatic rings. The van der Waals surface area contributed by atoms with Gasteiger partial charge in [-0.15, -0.1) is 11.3 Å². The molecule has 9 heteroatoms. The molecule has 1 aromatic carbocycles. The van der Waals surface area contributed by atoms with Crippen molar-refractivity contribution in [1.29, 1.82) is 5.26 Å². The van der Waals surface area contributed by atoms with Crippen molar-refractivity contribution < 1.29 is 23.9 Å². The Bertz CT molecular complexity index is 1130. The number of thiophene rings is 1. The van der Waals surface area contributed by atoms with Crippen molar-refractivity contribution in [2.24, 2.45) is 0 Å². The van der Waals surface area contributed by atoms with E-state index in [0.717, 1.165) is 11.3 Å². The second-order valence-corrected chi connectivity index (χ2v) is 9.72. The maximum atomic E-state index is 13.6. The number of rotatable bonds is 4. The molecule has 0 aliphatic heterocycles. The zero-order valence-corrected chi connectivity index (χ0v) is 19.8. The van der Waals surface area contributed by atoms with Gasteiger partial charge in [0.05, 0.1) is 23.1 Å². The van der Waals surface area contributed by atoms with Gasteiger partial charge < -0.3 is 9.47 Å². The molecule has 0 bridgehead atoms. The van der Waals surface area contributed by atoms with Crippen LogP contribution >= 0.6 is 22.9 Å². The topological polar surface area (TPSA) is 105 Å². The molecule has 0 saturated heterocycles. The molecule has 168 valence electrons. The highest BCUT2D eigenvalue weighted by Crippen LogP contribution is 2.47. The number of benzene rings is 1. The molecule has 1 atom stereocenters. The van der Waals surface area contributed by atoms with E-state index in [0.29, 0.717) is 16.1 Å². The van der Waals surface area contributed by atoms with Crippen molar-refractivity contribution >= 4 is 45.8 Å². The fourth-order valence-electron chi connectivity index (χ4n) is 3.64. The van der Waals surface area contributed by atoms with Gasteiger partial charge in [0.15, 0.2) is 5.78 Å². The molecule has 7 nitrogen and oxygen atoms in total. The van der Waals surface area contributed by atoms with Crippen molar-refractivity contribution in [3.63, 3.8) is 0 Å². The highest BCUT2D eigenvalue weighted by molar-refractivity contribution is 7.19. The molecule has 0 spiro atoms. The lowest BCUT2D eigenvalue weighted by Crippen LogP contribution is -2.38. The molecule has 2 aromatic rings. The fourth-order valence-corrected chi connectivity index (χ4v) is 5.18. The monoisotopic (exact) mass is 474 g/mol. The number of nitriles is 1. The summed E-state index contributed by atoms with van der Waals surface area (Å²) < 4.78 is 10.5. The van der Waals surface area contributed by atoms with E-state index < -0.39 is 28.9 Å². The number of hydrogen-bond acceptors (Lipinski definition) is 7. The number of esters is 1. The molecule has 1 heterocycles. The van der Waals surface area contributed by atoms with Crippen molar-refractivity contribution in [1.82, 2.24) is 0 Å². The molecular weight excluding hydrogens is 452 g/mol. The summed E-state index contributed by atoms with van der Waals surface area (Å²) in [5.41, 5.74) is -1.22. The van der Waals surface area contributed by atoms with Crippen LogP contribution in [0.15, 0.2) is 24.3 Å². The molecular formula is C23H23ClN2O5S. The number of nitrogens with zero attached hydrogens (tertiary/aromatic N) is 1. The maximum absolute atomic E-state index is 13.6. The largest absolute Gasteiger partial charge is 0.462 e. The molecule has 0 saturated carbocycles. The van der Waals surface area contributed by atoms with E-state index in [1.54, 1.807) is 52.0 Å². The third-order valence-electron chi connectivity index (χ3n) is 4.97. The Morgan fingerprint density at radius 3 is 2.59 bits per heavy atom. The van der Waals surface area contributed by atoms with Crippen LogP contribution in [0.2, 0.25) is 5.02 Å². The summed E-state index contributed by atoms with van der Waals surface area (Å²) in [4.78, 5) is 38.9. The minimum atomic E-state index is -1.48. The summed E-state index contributed by atoms with van der Waals surface area (Å²) in [6.07, 6.45) is -0.346. The lowest BCUT2D eigenvalue weighted by atomic mass is 9.69. The van der Waals surface area contributed by atoms with Crippen LogP contribution in [-0.4, -0.2) is 30.1 Å². The SMILES string of the molecule is CCOC(=O)c1c(NC(=O)OC(C)(C)C)sc2c1CCC(C#N)(c1ccccc1Cl)C2=O. The number of fused-ring (bicyclic) bond motifs is 1. The quantitative estimate of drug-likeness (QED) is 0.585. The Morgan fingerprint density at radius 1 is 1.31 bits per heavy atom. The number of hydrogen-bond donors (Lipinski definition) is 1. The molecule has 1 amide bonds. The first-order valence-corrected chi connectivity index (χ1v) is 11.3. The van der Waals surface area contributed by atoms with Gasteiger partial charge in [0.25, 0.3) is 0 Å². The van der Waals surface area contributed by atoms with Crippen molar-refractivity contribution in [2.45, 2.75) is 51.6 Å². The summed E-state index contributed by atoms with van der Waals surface area (Å²) in [5, 5.41) is 13.1. The second kappa shape index (κ2) is 8.93. The molecule has 1 aromatic heterocycles. The van der Waals surface area contributed by atoms with Gasteiger partial charge in [-0.25, -0.2) is 9.59 Å². The van der Waals surface area contributed by atoms with Gasteiger partial charge >= 0.3 is 12.1 Å². The van der Waals surface area contributed by atoms with Crippen LogP contribution in [0.5, 0.6) is 0 Å². The highest BCUT2D eigenvalue weighted by Gasteiger charge is 2.48. The van der Waals surface area contributed by atoms with E-state index >= 15 is 0 Å². The number of Topliss-reactive ketones (excluding diaryl/α,β-unsaturated/α-hetero) is 1. The zero-order chi connectivity index (χ0) is 23.7. The molecule has 0 radical (unpaired) electrons. The Hall–Kier alpha value is -2.89. The molecule has 0 fully saturated rings. The predicted molar refractivity (Wildman–Crippen MR) is 122 cm³/mol. The number of anilines is 1. The fraction of sp³-hybridized carbons (Fsp3) is 0.391. The first-order valence-electron chi connectivity index (χ1n) is 10.1. The number of nitrogens with one attached hydrogen (secondary N) is 1. The first kappa shape index (κ1) is 23.8. The van der Waals surface area contributed by atoms with Crippen LogP contribution in [0.4, 0.5) is 9.80 Å². The summed E-state index contributed by atoms with van der Waals surface area (Å²) in [7, 11) is 0. The molecule has 32 heavy (non-hydrogen) atoms. The number of ether oxygens (including phenoxy) is 2. The minimum absolute atomic E-state index is 0.122. The van der Waals surface area contributed by atoms with Gasteiger partial charge in [-0.05, 0) is 57.7 Å². The molecule has 1 unspecified atom stereocenters. The Kier molecular flexibility index (Phi) is 6.63. The van der Waals surface area contributed by atoms with Gasteiger partial charge in [-0.3, -0.25) is 10.1 Å². The Morgan fingerprint density at radius 2 is 2.00 bits per heavy atom. The van der Waals surface area contributed by atoms with E-state index in [4.69, 9.17) is 21.1 Å². The lowest BCUT2D eigenvalue weighted by Gasteiger charge is -2.30. The van der Waals surface area contributed by atoms with E-state index in [2.05, 4.69) is 11.4 Å². The van der Waals surface area contributed by atoms with Crippen LogP contribution in [0.3, 0.4) is 0 Å². The molecule has 1 N–H and O–H groups in total. The van der Waals surface area contributed by atoms with Gasteiger partial charge in [-0.2, -0.15) is 5.26 Å². The van der Waals surface area contributed by atoms with Crippen LogP contribution in [0.1, 0.15) is 65.3 Å². The maximum Gasteiger partial charge on any atom is 0.412 e. The van der Waals surface area contributed by atoms with Crippen LogP contribution in [0.25, 0.3) is 0 Å². The van der Waals surface area contributed by atoms with Crippen LogP contribution in [0, 0.1) is 11.3 Å². The second-order valence-electron chi connectivity index (χ2n) is 8.29. The zero-order valence-electron chi connectivity index (χ0n) is 18.2.